The Bertz CT molecular complexity index is 933. The first kappa shape index (κ1) is 18.1. The standard InChI is InChI=1S/C21H19N5O/c22-14-17-8-10-18(11-9-17)26-21(27)19-13-20(25-15-24-19)23-12-4-7-16-5-2-1-3-6-16/h1-3,5-6,8-11,13,15H,4,7,12H2,(H,26,27)(H,23,24,25). The monoisotopic (exact) mass is 357 g/mol. The summed E-state index contributed by atoms with van der Waals surface area (Å²) < 4.78 is 0. The number of nitriles is 1. The molecule has 1 amide bonds. The van der Waals surface area contributed by atoms with Crippen LogP contribution in [0, 0.1) is 11.3 Å². The number of nitrogens with zero attached hydrogens (tertiary/aromatic N) is 3. The van der Waals surface area contributed by atoms with Gasteiger partial charge in [0.15, 0.2) is 0 Å². The maximum atomic E-state index is 12.3. The fraction of sp³-hybridized carbons (Fsp3) is 0.143. The van der Waals surface area contributed by atoms with Gasteiger partial charge >= 0.3 is 0 Å². The van der Waals surface area contributed by atoms with E-state index in [9.17, 15) is 4.79 Å². The molecule has 6 nitrogen and oxygen atoms in total. The van der Waals surface area contributed by atoms with E-state index < -0.39 is 0 Å². The van der Waals surface area contributed by atoms with Crippen molar-refractivity contribution in [2.75, 3.05) is 17.2 Å². The SMILES string of the molecule is N#Cc1ccc(NC(=O)c2cc(NCCCc3ccccc3)ncn2)cc1. The third-order valence-electron chi connectivity index (χ3n) is 3.96. The molecule has 0 atom stereocenters. The van der Waals surface area contributed by atoms with Gasteiger partial charge in [0.2, 0.25) is 0 Å². The third-order valence-corrected chi connectivity index (χ3v) is 3.96. The van der Waals surface area contributed by atoms with Crippen molar-refractivity contribution in [3.63, 3.8) is 0 Å². The van der Waals surface area contributed by atoms with Crippen LogP contribution in [0.15, 0.2) is 67.0 Å². The first-order valence-corrected chi connectivity index (χ1v) is 8.66. The lowest BCUT2D eigenvalue weighted by Crippen LogP contribution is -2.15. The number of nitrogens with one attached hydrogen (secondary N) is 2. The van der Waals surface area contributed by atoms with Crippen LogP contribution in [-0.2, 0) is 6.42 Å². The highest BCUT2D eigenvalue weighted by Crippen LogP contribution is 2.12. The number of rotatable bonds is 7. The fourth-order valence-corrected chi connectivity index (χ4v) is 2.56. The molecule has 0 saturated carbocycles. The number of carbonyl (C=O) groups is 1. The minimum Gasteiger partial charge on any atom is -0.370 e. The molecule has 3 rings (SSSR count). The molecule has 27 heavy (non-hydrogen) atoms. The normalized spacial score (nSPS) is 10.0. The second-order valence-corrected chi connectivity index (χ2v) is 5.95. The summed E-state index contributed by atoms with van der Waals surface area (Å²) in [7, 11) is 0. The Kier molecular flexibility index (Phi) is 6.10. The predicted molar refractivity (Wildman–Crippen MR) is 104 cm³/mol. The van der Waals surface area contributed by atoms with Crippen molar-refractivity contribution in [3.05, 3.63) is 83.8 Å². The minimum atomic E-state index is -0.325. The van der Waals surface area contributed by atoms with Crippen LogP contribution in [0.5, 0.6) is 0 Å². The Morgan fingerprint density at radius 1 is 1.04 bits per heavy atom. The van der Waals surface area contributed by atoms with Crippen LogP contribution in [0.4, 0.5) is 11.5 Å². The molecule has 0 radical (unpaired) electrons. The molecule has 1 heterocycles. The van der Waals surface area contributed by atoms with Gasteiger partial charge in [-0.2, -0.15) is 5.26 Å². The summed E-state index contributed by atoms with van der Waals surface area (Å²) in [5.41, 5.74) is 2.72. The molecule has 134 valence electrons. The average Bonchev–Trinajstić information content (AvgIpc) is 2.73. The van der Waals surface area contributed by atoms with Crippen molar-refractivity contribution in [1.82, 2.24) is 9.97 Å². The van der Waals surface area contributed by atoms with Crippen molar-refractivity contribution in [2.24, 2.45) is 0 Å². The summed E-state index contributed by atoms with van der Waals surface area (Å²) in [4.78, 5) is 20.5. The average molecular weight is 357 g/mol. The molecule has 6 heteroatoms. The van der Waals surface area contributed by atoms with Crippen LogP contribution < -0.4 is 10.6 Å². The van der Waals surface area contributed by atoms with Crippen LogP contribution in [0.2, 0.25) is 0 Å². The van der Waals surface area contributed by atoms with E-state index >= 15 is 0 Å². The topological polar surface area (TPSA) is 90.7 Å². The number of aryl methyl sites for hydroxylation is 1. The molecule has 0 aliphatic rings. The lowest BCUT2D eigenvalue weighted by atomic mass is 10.1. The molecular formula is C21H19N5O. The fourth-order valence-electron chi connectivity index (χ4n) is 2.56. The zero-order valence-electron chi connectivity index (χ0n) is 14.7. The van der Waals surface area contributed by atoms with Crippen molar-refractivity contribution in [3.8, 4) is 6.07 Å². The molecule has 0 bridgehead atoms. The number of amides is 1. The van der Waals surface area contributed by atoms with E-state index in [1.807, 2.05) is 24.3 Å². The Labute approximate surface area is 157 Å². The van der Waals surface area contributed by atoms with Gasteiger partial charge in [-0.3, -0.25) is 4.79 Å². The van der Waals surface area contributed by atoms with E-state index in [2.05, 4.69) is 32.7 Å². The van der Waals surface area contributed by atoms with Crippen LogP contribution in [0.3, 0.4) is 0 Å². The first-order chi connectivity index (χ1) is 13.2. The molecule has 0 unspecified atom stereocenters. The zero-order chi connectivity index (χ0) is 18.9. The number of anilines is 2. The maximum Gasteiger partial charge on any atom is 0.274 e. The first-order valence-electron chi connectivity index (χ1n) is 8.66. The molecule has 3 aromatic rings. The summed E-state index contributed by atoms with van der Waals surface area (Å²) in [5, 5.41) is 14.8. The lowest BCUT2D eigenvalue weighted by molar-refractivity contribution is 0.102. The van der Waals surface area contributed by atoms with Gasteiger partial charge in [0.1, 0.15) is 17.8 Å². The van der Waals surface area contributed by atoms with E-state index in [0.29, 0.717) is 17.1 Å². The Morgan fingerprint density at radius 2 is 1.81 bits per heavy atom. The molecule has 0 fully saturated rings. The Hall–Kier alpha value is -3.72. The summed E-state index contributed by atoms with van der Waals surface area (Å²) in [6.45, 7) is 0.753. The Balaban J connectivity index is 1.53. The summed E-state index contributed by atoms with van der Waals surface area (Å²) in [6.07, 6.45) is 3.30. The second-order valence-electron chi connectivity index (χ2n) is 5.95. The van der Waals surface area contributed by atoms with Gasteiger partial charge < -0.3 is 10.6 Å². The van der Waals surface area contributed by atoms with Crippen LogP contribution in [-0.4, -0.2) is 22.4 Å². The number of benzene rings is 2. The van der Waals surface area contributed by atoms with E-state index in [1.165, 1.54) is 11.9 Å². The van der Waals surface area contributed by atoms with E-state index in [4.69, 9.17) is 5.26 Å². The molecule has 0 aliphatic carbocycles. The van der Waals surface area contributed by atoms with Gasteiger partial charge in [-0.15, -0.1) is 0 Å². The Morgan fingerprint density at radius 3 is 2.56 bits per heavy atom. The van der Waals surface area contributed by atoms with Crippen molar-refractivity contribution in [2.45, 2.75) is 12.8 Å². The van der Waals surface area contributed by atoms with E-state index in [1.54, 1.807) is 30.3 Å². The van der Waals surface area contributed by atoms with Gasteiger partial charge in [-0.25, -0.2) is 9.97 Å². The molecule has 2 aromatic carbocycles. The highest BCUT2D eigenvalue weighted by Gasteiger charge is 2.09. The molecule has 1 aromatic heterocycles. The van der Waals surface area contributed by atoms with Crippen LogP contribution >= 0.6 is 0 Å². The molecule has 0 aliphatic heterocycles. The van der Waals surface area contributed by atoms with Gasteiger partial charge in [0, 0.05) is 18.3 Å². The van der Waals surface area contributed by atoms with Crippen molar-refractivity contribution < 1.29 is 4.79 Å². The van der Waals surface area contributed by atoms with Crippen LogP contribution in [0.25, 0.3) is 0 Å². The molecule has 0 spiro atoms. The number of aromatic nitrogens is 2. The maximum absolute atomic E-state index is 12.3. The predicted octanol–water partition coefficient (Wildman–Crippen LogP) is 3.65. The summed E-state index contributed by atoms with van der Waals surface area (Å²) >= 11 is 0. The zero-order valence-corrected chi connectivity index (χ0v) is 14.7. The summed E-state index contributed by atoms with van der Waals surface area (Å²) in [6, 6.07) is 20.6. The van der Waals surface area contributed by atoms with Crippen molar-refractivity contribution >= 4 is 17.4 Å². The second kappa shape index (κ2) is 9.11. The highest BCUT2D eigenvalue weighted by molar-refractivity contribution is 6.03. The lowest BCUT2D eigenvalue weighted by Gasteiger charge is -2.08. The quantitative estimate of drug-likeness (QED) is 0.630. The van der Waals surface area contributed by atoms with Gasteiger partial charge in [0.25, 0.3) is 5.91 Å². The summed E-state index contributed by atoms with van der Waals surface area (Å²) in [5.74, 6) is 0.289. The van der Waals surface area contributed by atoms with Gasteiger partial charge in [0.05, 0.1) is 11.6 Å². The molecular weight excluding hydrogens is 338 g/mol. The van der Waals surface area contributed by atoms with Crippen molar-refractivity contribution in [1.29, 1.82) is 5.26 Å². The third kappa shape index (κ3) is 5.38. The molecule has 2 N–H and O–H groups in total. The molecule has 0 saturated heterocycles. The largest absolute Gasteiger partial charge is 0.370 e. The van der Waals surface area contributed by atoms with Gasteiger partial charge in [-0.05, 0) is 42.7 Å². The number of hydrogen-bond acceptors (Lipinski definition) is 5. The minimum absolute atomic E-state index is 0.278. The van der Waals surface area contributed by atoms with Gasteiger partial charge in [-0.1, -0.05) is 30.3 Å². The smallest absolute Gasteiger partial charge is 0.274 e. The van der Waals surface area contributed by atoms with E-state index in [0.717, 1.165) is 19.4 Å². The number of hydrogen-bond donors (Lipinski definition) is 2. The number of carbonyl (C=O) groups excluding carboxylic acids is 1. The van der Waals surface area contributed by atoms with Crippen LogP contribution in [0.1, 0.15) is 28.0 Å². The highest BCUT2D eigenvalue weighted by atomic mass is 16.1. The van der Waals surface area contributed by atoms with E-state index in [-0.39, 0.29) is 11.6 Å².